The first-order chi connectivity index (χ1) is 11.5. The summed E-state index contributed by atoms with van der Waals surface area (Å²) in [7, 11) is 0. The number of benzene rings is 1. The molecule has 1 aromatic carbocycles. The van der Waals surface area contributed by atoms with E-state index in [1.54, 1.807) is 11.3 Å². The van der Waals surface area contributed by atoms with Gasteiger partial charge in [-0.05, 0) is 19.1 Å². The van der Waals surface area contributed by atoms with Gasteiger partial charge in [0.05, 0.1) is 18.9 Å². The minimum atomic E-state index is -0.0263. The highest BCUT2D eigenvalue weighted by molar-refractivity contribution is 7.16. The topological polar surface area (TPSA) is 54.5 Å². The molecule has 0 radical (unpaired) electrons. The van der Waals surface area contributed by atoms with Crippen molar-refractivity contribution >= 4 is 28.1 Å². The number of hydrogen-bond donors (Lipinski definition) is 1. The number of carbonyl (C=O) groups excluding carboxylic acids is 1. The van der Waals surface area contributed by atoms with Crippen LogP contribution in [0, 0.1) is 12.8 Å². The Labute approximate surface area is 146 Å². The van der Waals surface area contributed by atoms with Gasteiger partial charge in [-0.15, -0.1) is 11.3 Å². The molecule has 0 aliphatic carbocycles. The molecule has 1 amide bonds. The van der Waals surface area contributed by atoms with Gasteiger partial charge in [-0.3, -0.25) is 4.79 Å². The monoisotopic (exact) mass is 345 g/mol. The Bertz CT molecular complexity index is 704. The largest absolute Gasteiger partial charge is 0.378 e. The van der Waals surface area contributed by atoms with Crippen LogP contribution in [0.15, 0.2) is 24.3 Å². The van der Waals surface area contributed by atoms with Gasteiger partial charge in [0.15, 0.2) is 5.13 Å². The van der Waals surface area contributed by atoms with Crippen LogP contribution in [0.2, 0.25) is 0 Å². The maximum atomic E-state index is 11.8. The highest BCUT2D eigenvalue weighted by Crippen LogP contribution is 2.33. The molecule has 24 heavy (non-hydrogen) atoms. The molecule has 1 aliphatic rings. The number of aryl methyl sites for hydroxylation is 1. The smallest absolute Gasteiger partial charge is 0.226 e. The van der Waals surface area contributed by atoms with Gasteiger partial charge in [0.2, 0.25) is 5.91 Å². The summed E-state index contributed by atoms with van der Waals surface area (Å²) < 4.78 is 5.41. The first-order valence-corrected chi connectivity index (χ1v) is 9.07. The fraction of sp³-hybridized carbons (Fsp3) is 0.444. The number of amides is 1. The number of aromatic nitrogens is 1. The minimum Gasteiger partial charge on any atom is -0.378 e. The summed E-state index contributed by atoms with van der Waals surface area (Å²) in [6, 6.07) is 7.90. The van der Waals surface area contributed by atoms with Crippen LogP contribution in [0.5, 0.6) is 0 Å². The number of thiazole rings is 1. The number of ether oxygens (including phenoxy) is 1. The molecule has 1 aliphatic heterocycles. The third kappa shape index (κ3) is 3.76. The van der Waals surface area contributed by atoms with Gasteiger partial charge < -0.3 is 15.0 Å². The van der Waals surface area contributed by atoms with Crippen molar-refractivity contribution in [2.75, 3.05) is 36.5 Å². The molecule has 0 spiro atoms. The number of carbonyl (C=O) groups is 1. The van der Waals surface area contributed by atoms with E-state index in [2.05, 4.69) is 17.1 Å². The van der Waals surface area contributed by atoms with E-state index in [1.165, 1.54) is 4.88 Å². The van der Waals surface area contributed by atoms with Crippen LogP contribution in [0.3, 0.4) is 0 Å². The summed E-state index contributed by atoms with van der Waals surface area (Å²) in [5.41, 5.74) is 2.91. The van der Waals surface area contributed by atoms with Crippen LogP contribution in [0.4, 0.5) is 10.8 Å². The quantitative estimate of drug-likeness (QED) is 0.921. The molecule has 128 valence electrons. The van der Waals surface area contributed by atoms with E-state index in [1.807, 2.05) is 38.1 Å². The summed E-state index contributed by atoms with van der Waals surface area (Å²) in [4.78, 5) is 20.1. The van der Waals surface area contributed by atoms with E-state index in [0.717, 1.165) is 48.4 Å². The molecule has 5 nitrogen and oxygen atoms in total. The normalized spacial score (nSPS) is 14.9. The van der Waals surface area contributed by atoms with Gasteiger partial charge in [0.25, 0.3) is 0 Å². The summed E-state index contributed by atoms with van der Waals surface area (Å²) in [5.74, 6) is 0.00346. The number of anilines is 2. The number of rotatable bonds is 4. The molecule has 1 N–H and O–H groups in total. The molecule has 1 fully saturated rings. The molecule has 2 aromatic rings. The SMILES string of the molecule is Cc1sc(N2CCOCC2)nc1-c1ccc(NC(=O)C(C)C)cc1. The van der Waals surface area contributed by atoms with Gasteiger partial charge >= 0.3 is 0 Å². The van der Waals surface area contributed by atoms with Crippen LogP contribution in [0.25, 0.3) is 11.3 Å². The first-order valence-electron chi connectivity index (χ1n) is 8.26. The Morgan fingerprint density at radius 2 is 1.92 bits per heavy atom. The van der Waals surface area contributed by atoms with Gasteiger partial charge in [0.1, 0.15) is 0 Å². The molecule has 0 atom stereocenters. The Balaban J connectivity index is 1.76. The van der Waals surface area contributed by atoms with Crippen LogP contribution in [-0.2, 0) is 9.53 Å². The standard InChI is InChI=1S/C18H23N3O2S/c1-12(2)17(22)19-15-6-4-14(5-7-15)16-13(3)24-18(20-16)21-8-10-23-11-9-21/h4-7,12H,8-11H2,1-3H3,(H,19,22). The van der Waals surface area contributed by atoms with Gasteiger partial charge in [-0.25, -0.2) is 4.98 Å². The van der Waals surface area contributed by atoms with E-state index in [-0.39, 0.29) is 11.8 Å². The molecular weight excluding hydrogens is 322 g/mol. The maximum Gasteiger partial charge on any atom is 0.226 e. The average Bonchev–Trinajstić information content (AvgIpc) is 2.98. The number of nitrogens with zero attached hydrogens (tertiary/aromatic N) is 2. The maximum absolute atomic E-state index is 11.8. The van der Waals surface area contributed by atoms with Crippen molar-refractivity contribution in [3.05, 3.63) is 29.1 Å². The van der Waals surface area contributed by atoms with Crippen molar-refractivity contribution in [1.82, 2.24) is 4.98 Å². The average molecular weight is 345 g/mol. The minimum absolute atomic E-state index is 0.0263. The van der Waals surface area contributed by atoms with E-state index < -0.39 is 0 Å². The van der Waals surface area contributed by atoms with Crippen LogP contribution in [-0.4, -0.2) is 37.2 Å². The fourth-order valence-electron chi connectivity index (χ4n) is 2.54. The zero-order chi connectivity index (χ0) is 17.1. The lowest BCUT2D eigenvalue weighted by atomic mass is 10.1. The Morgan fingerprint density at radius 3 is 2.54 bits per heavy atom. The highest BCUT2D eigenvalue weighted by atomic mass is 32.1. The van der Waals surface area contributed by atoms with Gasteiger partial charge in [-0.1, -0.05) is 26.0 Å². The van der Waals surface area contributed by atoms with Gasteiger partial charge in [-0.2, -0.15) is 0 Å². The number of morpholine rings is 1. The fourth-order valence-corrected chi connectivity index (χ4v) is 3.52. The molecule has 2 heterocycles. The van der Waals surface area contributed by atoms with E-state index in [0.29, 0.717) is 0 Å². The van der Waals surface area contributed by atoms with Crippen LogP contribution < -0.4 is 10.2 Å². The van der Waals surface area contributed by atoms with E-state index in [9.17, 15) is 4.79 Å². The zero-order valence-electron chi connectivity index (χ0n) is 14.3. The van der Waals surface area contributed by atoms with Crippen LogP contribution in [0.1, 0.15) is 18.7 Å². The first kappa shape index (κ1) is 16.9. The molecule has 0 bridgehead atoms. The van der Waals surface area contributed by atoms with E-state index >= 15 is 0 Å². The highest BCUT2D eigenvalue weighted by Gasteiger charge is 2.17. The van der Waals surface area contributed by atoms with Crippen molar-refractivity contribution < 1.29 is 9.53 Å². The third-order valence-corrected chi connectivity index (χ3v) is 5.05. The second kappa shape index (κ2) is 7.32. The predicted molar refractivity (Wildman–Crippen MR) is 98.8 cm³/mol. The van der Waals surface area contributed by atoms with Crippen molar-refractivity contribution in [2.45, 2.75) is 20.8 Å². The van der Waals surface area contributed by atoms with Crippen molar-refractivity contribution in [2.24, 2.45) is 5.92 Å². The Hall–Kier alpha value is -1.92. The molecule has 0 saturated carbocycles. The lowest BCUT2D eigenvalue weighted by molar-refractivity contribution is -0.118. The molecule has 1 saturated heterocycles. The lowest BCUT2D eigenvalue weighted by Gasteiger charge is -2.26. The predicted octanol–water partition coefficient (Wildman–Crippen LogP) is 3.55. The Kier molecular flexibility index (Phi) is 5.16. The molecule has 0 unspecified atom stereocenters. The van der Waals surface area contributed by atoms with E-state index in [4.69, 9.17) is 9.72 Å². The second-order valence-electron chi connectivity index (χ2n) is 6.22. The molecule has 6 heteroatoms. The summed E-state index contributed by atoms with van der Waals surface area (Å²) in [6.07, 6.45) is 0. The van der Waals surface area contributed by atoms with Crippen molar-refractivity contribution in [3.8, 4) is 11.3 Å². The second-order valence-corrected chi connectivity index (χ2v) is 7.40. The van der Waals surface area contributed by atoms with Gasteiger partial charge in [0, 0.05) is 35.1 Å². The van der Waals surface area contributed by atoms with Crippen molar-refractivity contribution in [3.63, 3.8) is 0 Å². The molecular formula is C18H23N3O2S. The number of hydrogen-bond acceptors (Lipinski definition) is 5. The summed E-state index contributed by atoms with van der Waals surface area (Å²) >= 11 is 1.72. The third-order valence-electron chi connectivity index (χ3n) is 4.02. The van der Waals surface area contributed by atoms with Crippen molar-refractivity contribution in [1.29, 1.82) is 0 Å². The van der Waals surface area contributed by atoms with Crippen LogP contribution >= 0.6 is 11.3 Å². The zero-order valence-corrected chi connectivity index (χ0v) is 15.2. The molecule has 1 aromatic heterocycles. The summed E-state index contributed by atoms with van der Waals surface area (Å²) in [5, 5.41) is 3.97. The summed E-state index contributed by atoms with van der Waals surface area (Å²) in [6.45, 7) is 9.19. The molecule has 3 rings (SSSR count). The number of nitrogens with one attached hydrogen (secondary N) is 1. The lowest BCUT2D eigenvalue weighted by Crippen LogP contribution is -2.36. The Morgan fingerprint density at radius 1 is 1.25 bits per heavy atom.